The summed E-state index contributed by atoms with van der Waals surface area (Å²) >= 11 is 0. The van der Waals surface area contributed by atoms with Crippen LogP contribution in [-0.4, -0.2) is 187 Å². The quantitative estimate of drug-likeness (QED) is 0.0137. The van der Waals surface area contributed by atoms with Crippen LogP contribution in [0.1, 0.15) is 152 Å². The van der Waals surface area contributed by atoms with Crippen molar-refractivity contribution in [3.8, 4) is 0 Å². The monoisotopic (exact) mass is 1350 g/mol. The smallest absolute Gasteiger partial charge is 0.329 e. The molecule has 0 spiro atoms. The van der Waals surface area contributed by atoms with Crippen molar-refractivity contribution in [3.63, 3.8) is 0 Å². The van der Waals surface area contributed by atoms with Crippen molar-refractivity contribution in [2.75, 3.05) is 26.7 Å². The first-order valence-corrected chi connectivity index (χ1v) is 33.2. The number of nitrogens with two attached hydrogens (primary N) is 5. The van der Waals surface area contributed by atoms with Gasteiger partial charge in [-0.25, -0.2) is 4.79 Å². The molecule has 0 bridgehead atoms. The van der Waals surface area contributed by atoms with E-state index in [0.29, 0.717) is 19.3 Å². The van der Waals surface area contributed by atoms with Crippen molar-refractivity contribution < 1.29 is 67.4 Å². The first kappa shape index (κ1) is 83.4. The number of aliphatic hydroxyl groups excluding tert-OH is 1. The largest absolute Gasteiger partial charge is 0.458 e. The summed E-state index contributed by atoms with van der Waals surface area (Å²) in [7, 11) is 1.61. The highest BCUT2D eigenvalue weighted by molar-refractivity contribution is 6.00. The van der Waals surface area contributed by atoms with E-state index < -0.39 is 180 Å². The predicted molar refractivity (Wildman–Crippen MR) is 360 cm³/mol. The SMILES string of the molecule is CC[C@@H](C)[C@@H](NC(=O)[C@@H](CCC(N)=O)NC(=O)[C@H](CCCN=C(N)N)NC(=O)[C@@H](NC(=O)[C@@H](Cc1ccccc1)NC)[C@@H](C)CC)C(=O)N[C@H](C(=O)N[C@@H](CO)C(=O)N[C@H]1C(=O)N[C@@H](CCCN=C(N)N)C(=O)N[C@@H](CC(C)C)C(=O)N[C@@H]([C@@H](C)CC)C(=O)O[C@H]1C)[C@@H](C)CC. The summed E-state index contributed by atoms with van der Waals surface area (Å²) in [5.74, 6) is -13.3. The molecule has 540 valence electrons. The van der Waals surface area contributed by atoms with Gasteiger partial charge < -0.3 is 97.0 Å². The van der Waals surface area contributed by atoms with Gasteiger partial charge in [-0.3, -0.25) is 62.7 Å². The van der Waals surface area contributed by atoms with Crippen molar-refractivity contribution in [3.05, 3.63) is 35.9 Å². The number of rotatable bonds is 39. The van der Waals surface area contributed by atoms with Gasteiger partial charge in [0.05, 0.1) is 12.6 Å². The third-order valence-corrected chi connectivity index (χ3v) is 17.1. The number of benzene rings is 1. The van der Waals surface area contributed by atoms with Gasteiger partial charge in [-0.2, -0.15) is 0 Å². The van der Waals surface area contributed by atoms with E-state index in [4.69, 9.17) is 33.4 Å². The molecule has 0 aromatic heterocycles. The number of esters is 1. The molecule has 22 N–H and O–H groups in total. The van der Waals surface area contributed by atoms with Crippen LogP contribution in [0.25, 0.3) is 0 Å². The molecule has 0 unspecified atom stereocenters. The number of aliphatic hydroxyl groups is 1. The third kappa shape index (κ3) is 28.3. The van der Waals surface area contributed by atoms with Crippen LogP contribution >= 0.6 is 0 Å². The molecule has 1 aliphatic heterocycles. The second kappa shape index (κ2) is 42.7. The summed E-state index contributed by atoms with van der Waals surface area (Å²) in [5.41, 5.74) is 28.6. The van der Waals surface area contributed by atoms with E-state index in [1.807, 2.05) is 51.1 Å². The minimum absolute atomic E-state index is 0.0323. The van der Waals surface area contributed by atoms with Gasteiger partial charge in [-0.05, 0) is 94.1 Å². The van der Waals surface area contributed by atoms with Crippen molar-refractivity contribution in [2.24, 2.45) is 68.2 Å². The number of cyclic esters (lactones) is 1. The molecule has 1 aliphatic rings. The molecule has 1 heterocycles. The molecular formula is C64H110N18O14. The Morgan fingerprint density at radius 2 is 1.02 bits per heavy atom. The zero-order chi connectivity index (χ0) is 72.5. The standard InChI is InChI=1S/C64H110N18O14/c1-13-34(7)47(79-55(88)43(70-12)31-39-22-18-17-19-23-39)58(91)74-40(24-20-28-71-63(66)67)52(85)73-42(26-27-46(65)84)54(87)78-49(36(9)15-3)60(93)80-48(35(8)14-2)59(92)77-45(32-83)57(90)82-51-38(11)96-62(95)50(37(10)16-4)81-56(89)44(30-33(5)6)76-53(86)41(75-61(51)94)25-21-29-72-64(68)69/h17-19,22-23,33-38,40-45,47-51,70,83H,13-16,20-21,24-32H2,1-12H3,(H2,65,84)(H,73,85)(H,74,91)(H,75,94)(H,76,86)(H,77,92)(H,78,87)(H,79,88)(H,80,93)(H,81,89)(H,82,90)(H4,66,67,71)(H4,68,69,72)/t34-,35-,36+,37-,38-,40-,41-,42+,43+,44-,45-,47-,48-,49+,50-,51+/m0/s1. The maximum Gasteiger partial charge on any atom is 0.329 e. The Kier molecular flexibility index (Phi) is 37.1. The van der Waals surface area contributed by atoms with E-state index in [1.165, 1.54) is 6.92 Å². The molecule has 0 saturated carbocycles. The number of nitrogens with zero attached hydrogens (tertiary/aromatic N) is 2. The van der Waals surface area contributed by atoms with Gasteiger partial charge in [0.1, 0.15) is 66.5 Å². The third-order valence-electron chi connectivity index (χ3n) is 17.1. The van der Waals surface area contributed by atoms with Crippen molar-refractivity contribution in [1.29, 1.82) is 0 Å². The lowest BCUT2D eigenvalue weighted by atomic mass is 9.94. The summed E-state index contributed by atoms with van der Waals surface area (Å²) < 4.78 is 5.81. The van der Waals surface area contributed by atoms with Gasteiger partial charge in [-0.15, -0.1) is 0 Å². The molecular weight excluding hydrogens is 1240 g/mol. The Labute approximate surface area is 563 Å². The van der Waals surface area contributed by atoms with Crippen LogP contribution in [0.2, 0.25) is 0 Å². The highest BCUT2D eigenvalue weighted by Crippen LogP contribution is 2.19. The fourth-order valence-electron chi connectivity index (χ4n) is 10.3. The average molecular weight is 1360 g/mol. The molecule has 2 rings (SSSR count). The van der Waals surface area contributed by atoms with Crippen LogP contribution in [0.5, 0.6) is 0 Å². The molecule has 0 radical (unpaired) electrons. The second-order valence-electron chi connectivity index (χ2n) is 25.2. The van der Waals surface area contributed by atoms with Gasteiger partial charge in [0, 0.05) is 19.5 Å². The molecule has 1 saturated heterocycles. The maximum absolute atomic E-state index is 14.6. The lowest BCUT2D eigenvalue weighted by Crippen LogP contribution is -2.63. The number of amides is 11. The highest BCUT2D eigenvalue weighted by Gasteiger charge is 2.42. The minimum atomic E-state index is -1.85. The first-order chi connectivity index (χ1) is 45.3. The summed E-state index contributed by atoms with van der Waals surface area (Å²) in [6.07, 6.45) is -0.443. The number of hydrogen-bond donors (Lipinski definition) is 17. The molecule has 0 aliphatic carbocycles. The van der Waals surface area contributed by atoms with Crippen LogP contribution in [0.3, 0.4) is 0 Å². The van der Waals surface area contributed by atoms with Crippen molar-refractivity contribution >= 4 is 82.9 Å². The number of aliphatic imine (C=N–C) groups is 2. The summed E-state index contributed by atoms with van der Waals surface area (Å²) in [4.78, 5) is 177. The Bertz CT molecular complexity index is 2800. The molecule has 32 heteroatoms. The van der Waals surface area contributed by atoms with Crippen LogP contribution < -0.4 is 87.2 Å². The van der Waals surface area contributed by atoms with Gasteiger partial charge in [0.2, 0.25) is 65.0 Å². The molecule has 96 heavy (non-hydrogen) atoms. The Balaban J connectivity index is 2.56. The number of carbonyl (C=O) groups excluding carboxylic acids is 12. The molecule has 1 fully saturated rings. The van der Waals surface area contributed by atoms with Crippen LogP contribution in [-0.2, 0) is 68.7 Å². The van der Waals surface area contributed by atoms with E-state index in [9.17, 15) is 62.6 Å². The van der Waals surface area contributed by atoms with Crippen LogP contribution in [0, 0.1) is 29.6 Å². The minimum Gasteiger partial charge on any atom is -0.458 e. The number of likely N-dealkylation sites (N-methyl/N-ethyl adjacent to an activating group) is 1. The van der Waals surface area contributed by atoms with Crippen molar-refractivity contribution in [2.45, 2.75) is 226 Å². The normalized spacial score (nSPS) is 20.2. The fourth-order valence-corrected chi connectivity index (χ4v) is 10.3. The van der Waals surface area contributed by atoms with E-state index in [0.717, 1.165) is 5.56 Å². The molecule has 11 amide bonds. The van der Waals surface area contributed by atoms with Gasteiger partial charge in [0.15, 0.2) is 11.9 Å². The van der Waals surface area contributed by atoms with Crippen LogP contribution in [0.4, 0.5) is 0 Å². The zero-order valence-electron chi connectivity index (χ0n) is 57.8. The number of hydrogen-bond acceptors (Lipinski definition) is 17. The average Bonchev–Trinajstić information content (AvgIpc) is 1.28. The van der Waals surface area contributed by atoms with Gasteiger partial charge in [0.25, 0.3) is 0 Å². The molecule has 32 nitrogen and oxygen atoms in total. The first-order valence-electron chi connectivity index (χ1n) is 33.2. The second-order valence-corrected chi connectivity index (χ2v) is 25.2. The molecule has 1 aromatic rings. The number of nitrogens with one attached hydrogen (secondary N) is 11. The summed E-state index contributed by atoms with van der Waals surface area (Å²) in [6, 6.07) is -5.97. The van der Waals surface area contributed by atoms with Crippen LogP contribution in [0.15, 0.2) is 40.3 Å². The lowest BCUT2D eigenvalue weighted by molar-refractivity contribution is -0.157. The van der Waals surface area contributed by atoms with Gasteiger partial charge >= 0.3 is 5.97 Å². The molecule has 16 atom stereocenters. The lowest BCUT2D eigenvalue weighted by Gasteiger charge is -2.31. The van der Waals surface area contributed by atoms with Gasteiger partial charge in [-0.1, -0.05) is 125 Å². The number of primary amides is 1. The zero-order valence-corrected chi connectivity index (χ0v) is 57.8. The Morgan fingerprint density at radius 3 is 1.51 bits per heavy atom. The molecule has 1 aromatic carbocycles. The highest BCUT2D eigenvalue weighted by atomic mass is 16.5. The van der Waals surface area contributed by atoms with E-state index in [-0.39, 0.29) is 82.3 Å². The van der Waals surface area contributed by atoms with E-state index in [2.05, 4.69) is 68.5 Å². The van der Waals surface area contributed by atoms with Crippen molar-refractivity contribution in [1.82, 2.24) is 58.5 Å². The Hall–Kier alpha value is -8.68. The summed E-state index contributed by atoms with van der Waals surface area (Å²) in [5, 5.41) is 40.1. The fraction of sp³-hybridized carbons (Fsp3) is 0.688. The number of guanidine groups is 2. The summed E-state index contributed by atoms with van der Waals surface area (Å²) in [6.45, 7) is 17.6. The predicted octanol–water partition coefficient (Wildman–Crippen LogP) is -2.79. The van der Waals surface area contributed by atoms with E-state index in [1.54, 1.807) is 55.5 Å². The number of ether oxygens (including phenoxy) is 1. The topological polar surface area (TPSA) is 521 Å². The Morgan fingerprint density at radius 1 is 0.562 bits per heavy atom. The number of carbonyl (C=O) groups is 12. The van der Waals surface area contributed by atoms with E-state index >= 15 is 0 Å². The maximum atomic E-state index is 14.6.